The van der Waals surface area contributed by atoms with Gasteiger partial charge >= 0.3 is 0 Å². The van der Waals surface area contributed by atoms with Crippen molar-refractivity contribution in [1.29, 1.82) is 0 Å². The number of carbonyl (C=O) groups is 2. The summed E-state index contributed by atoms with van der Waals surface area (Å²) in [4.78, 5) is 29.7. The molecule has 1 aromatic carbocycles. The van der Waals surface area contributed by atoms with Crippen LogP contribution in [0.4, 0.5) is 0 Å². The SMILES string of the molecule is CC(C)N1CCC(N2CCC[C@H](N(CC(N)=O)S(=O)(=O)c3cc4ccc(Cl)cc4s3)C2=O)CC1. The zero-order chi connectivity index (χ0) is 24.6. The molecule has 2 saturated heterocycles. The highest BCUT2D eigenvalue weighted by Gasteiger charge is 2.43. The highest BCUT2D eigenvalue weighted by Crippen LogP contribution is 2.35. The molecule has 11 heteroatoms. The topological polar surface area (TPSA) is 104 Å². The lowest BCUT2D eigenvalue weighted by molar-refractivity contribution is -0.142. The second kappa shape index (κ2) is 10.1. The number of halogens is 1. The normalized spacial score (nSPS) is 21.1. The van der Waals surface area contributed by atoms with Crippen molar-refractivity contribution in [1.82, 2.24) is 14.1 Å². The molecule has 0 aliphatic carbocycles. The number of nitrogens with zero attached hydrogens (tertiary/aromatic N) is 3. The number of rotatable bonds is 7. The molecular formula is C23H31ClN4O4S2. The zero-order valence-corrected chi connectivity index (χ0v) is 21.8. The smallest absolute Gasteiger partial charge is 0.253 e. The van der Waals surface area contributed by atoms with Gasteiger partial charge in [0.2, 0.25) is 11.8 Å². The summed E-state index contributed by atoms with van der Waals surface area (Å²) < 4.78 is 29.2. The summed E-state index contributed by atoms with van der Waals surface area (Å²) in [7, 11) is -4.13. The fourth-order valence-corrected chi connectivity index (χ4v) is 8.35. The Balaban J connectivity index is 1.61. The second-order valence-electron chi connectivity index (χ2n) is 9.31. The second-order valence-corrected chi connectivity index (χ2v) is 13.0. The van der Waals surface area contributed by atoms with E-state index in [1.54, 1.807) is 24.3 Å². The molecule has 0 unspecified atom stereocenters. The van der Waals surface area contributed by atoms with Crippen LogP contribution in [0.1, 0.15) is 39.5 Å². The van der Waals surface area contributed by atoms with Gasteiger partial charge in [-0.15, -0.1) is 11.3 Å². The minimum absolute atomic E-state index is 0.0705. The van der Waals surface area contributed by atoms with Gasteiger partial charge in [0, 0.05) is 41.4 Å². The fraction of sp³-hybridized carbons (Fsp3) is 0.565. The van der Waals surface area contributed by atoms with Crippen LogP contribution in [0.3, 0.4) is 0 Å². The summed E-state index contributed by atoms with van der Waals surface area (Å²) >= 11 is 7.14. The number of primary amides is 1. The summed E-state index contributed by atoms with van der Waals surface area (Å²) in [5, 5.41) is 1.24. The Kier molecular flexibility index (Phi) is 7.54. The highest BCUT2D eigenvalue weighted by molar-refractivity contribution is 7.91. The van der Waals surface area contributed by atoms with Crippen LogP contribution in [0.15, 0.2) is 28.5 Å². The first-order valence-corrected chi connectivity index (χ1v) is 14.2. The van der Waals surface area contributed by atoms with Crippen LogP contribution in [0.2, 0.25) is 5.02 Å². The first-order chi connectivity index (χ1) is 16.1. The summed E-state index contributed by atoms with van der Waals surface area (Å²) in [5.41, 5.74) is 5.45. The summed E-state index contributed by atoms with van der Waals surface area (Å²) in [6, 6.07) is 6.31. The van der Waals surface area contributed by atoms with Crippen LogP contribution in [0, 0.1) is 0 Å². The first-order valence-electron chi connectivity index (χ1n) is 11.6. The number of benzene rings is 1. The van der Waals surface area contributed by atoms with Crippen molar-refractivity contribution in [2.75, 3.05) is 26.2 Å². The number of likely N-dealkylation sites (tertiary alicyclic amines) is 2. The van der Waals surface area contributed by atoms with Gasteiger partial charge in [-0.05, 0) is 63.1 Å². The van der Waals surface area contributed by atoms with Gasteiger partial charge in [-0.25, -0.2) is 8.42 Å². The average Bonchev–Trinajstić information content (AvgIpc) is 3.22. The molecule has 2 fully saturated rings. The number of amides is 2. The van der Waals surface area contributed by atoms with Gasteiger partial charge in [-0.1, -0.05) is 17.7 Å². The van der Waals surface area contributed by atoms with E-state index in [1.807, 2.05) is 4.90 Å². The minimum atomic E-state index is -4.13. The van der Waals surface area contributed by atoms with Crippen molar-refractivity contribution in [3.63, 3.8) is 0 Å². The molecule has 8 nitrogen and oxygen atoms in total. The van der Waals surface area contributed by atoms with E-state index in [0.29, 0.717) is 30.5 Å². The molecule has 4 rings (SSSR count). The molecule has 186 valence electrons. The van der Waals surface area contributed by atoms with Crippen molar-refractivity contribution < 1.29 is 18.0 Å². The molecule has 34 heavy (non-hydrogen) atoms. The summed E-state index contributed by atoms with van der Waals surface area (Å²) in [6.07, 6.45) is 2.75. The van der Waals surface area contributed by atoms with E-state index >= 15 is 0 Å². The van der Waals surface area contributed by atoms with E-state index in [2.05, 4.69) is 18.7 Å². The van der Waals surface area contributed by atoms with Gasteiger partial charge in [-0.2, -0.15) is 4.31 Å². The number of fused-ring (bicyclic) bond motifs is 1. The maximum absolute atomic E-state index is 13.7. The van der Waals surface area contributed by atoms with E-state index in [-0.39, 0.29) is 16.2 Å². The van der Waals surface area contributed by atoms with Crippen molar-refractivity contribution >= 4 is 54.9 Å². The number of carbonyl (C=O) groups excluding carboxylic acids is 2. The third kappa shape index (κ3) is 5.11. The Morgan fingerprint density at radius 2 is 1.91 bits per heavy atom. The first kappa shape index (κ1) is 25.4. The monoisotopic (exact) mass is 526 g/mol. The Bertz CT molecular complexity index is 1170. The van der Waals surface area contributed by atoms with Gasteiger partial charge < -0.3 is 15.5 Å². The van der Waals surface area contributed by atoms with Crippen LogP contribution in [0.5, 0.6) is 0 Å². The van der Waals surface area contributed by atoms with Gasteiger partial charge in [0.1, 0.15) is 10.3 Å². The molecule has 0 saturated carbocycles. The maximum atomic E-state index is 13.7. The van der Waals surface area contributed by atoms with Crippen LogP contribution in [0.25, 0.3) is 10.1 Å². The van der Waals surface area contributed by atoms with Crippen LogP contribution < -0.4 is 5.73 Å². The van der Waals surface area contributed by atoms with E-state index in [0.717, 1.165) is 51.7 Å². The molecule has 2 amide bonds. The van der Waals surface area contributed by atoms with Crippen LogP contribution in [-0.4, -0.2) is 78.6 Å². The molecule has 1 atom stereocenters. The molecule has 2 aliphatic rings. The largest absolute Gasteiger partial charge is 0.369 e. The van der Waals surface area contributed by atoms with Gasteiger partial charge in [0.25, 0.3) is 10.0 Å². The summed E-state index contributed by atoms with van der Waals surface area (Å²) in [5.74, 6) is -1.02. The number of hydrogen-bond acceptors (Lipinski definition) is 6. The fourth-order valence-electron chi connectivity index (χ4n) is 4.96. The molecular weight excluding hydrogens is 496 g/mol. The van der Waals surface area contributed by atoms with Crippen molar-refractivity contribution in [2.45, 2.75) is 61.9 Å². The Morgan fingerprint density at radius 1 is 1.21 bits per heavy atom. The highest BCUT2D eigenvalue weighted by atomic mass is 35.5. The Hall–Kier alpha value is -1.72. The predicted octanol–water partition coefficient (Wildman–Crippen LogP) is 2.89. The Labute approximate surface area is 209 Å². The molecule has 2 aromatic rings. The lowest BCUT2D eigenvalue weighted by Crippen LogP contribution is -2.59. The molecule has 0 radical (unpaired) electrons. The van der Waals surface area contributed by atoms with Crippen molar-refractivity contribution in [2.24, 2.45) is 5.73 Å². The van der Waals surface area contributed by atoms with E-state index in [9.17, 15) is 18.0 Å². The maximum Gasteiger partial charge on any atom is 0.253 e. The molecule has 0 bridgehead atoms. The predicted molar refractivity (Wildman–Crippen MR) is 134 cm³/mol. The molecule has 2 N–H and O–H groups in total. The van der Waals surface area contributed by atoms with Gasteiger partial charge in [-0.3, -0.25) is 9.59 Å². The molecule has 1 aromatic heterocycles. The van der Waals surface area contributed by atoms with Crippen molar-refractivity contribution in [3.05, 3.63) is 29.3 Å². The third-order valence-electron chi connectivity index (χ3n) is 6.80. The number of sulfonamides is 1. The zero-order valence-electron chi connectivity index (χ0n) is 19.4. The standard InChI is InChI=1S/C23H31ClN4O4S2/c1-15(2)26-10-7-18(8-11-26)27-9-3-4-19(23(27)30)28(14-21(25)29)34(31,32)22-12-16-5-6-17(24)13-20(16)33-22/h5-6,12-13,15,18-19H,3-4,7-11,14H2,1-2H3,(H2,25,29)/t19-/m0/s1. The van der Waals surface area contributed by atoms with Gasteiger partial charge in [0.15, 0.2) is 0 Å². The van der Waals surface area contributed by atoms with Gasteiger partial charge in [0.05, 0.1) is 6.54 Å². The van der Waals surface area contributed by atoms with E-state index in [1.165, 1.54) is 0 Å². The lowest BCUT2D eigenvalue weighted by Gasteiger charge is -2.44. The molecule has 0 spiro atoms. The number of nitrogens with two attached hydrogens (primary N) is 1. The lowest BCUT2D eigenvalue weighted by atomic mass is 9.96. The Morgan fingerprint density at radius 3 is 2.56 bits per heavy atom. The number of hydrogen-bond donors (Lipinski definition) is 1. The number of thiophene rings is 1. The van der Waals surface area contributed by atoms with E-state index < -0.39 is 28.5 Å². The van der Waals surface area contributed by atoms with Crippen LogP contribution in [-0.2, 0) is 19.6 Å². The van der Waals surface area contributed by atoms with Crippen molar-refractivity contribution in [3.8, 4) is 0 Å². The molecule has 3 heterocycles. The van der Waals surface area contributed by atoms with Crippen LogP contribution >= 0.6 is 22.9 Å². The molecule has 2 aliphatic heterocycles. The minimum Gasteiger partial charge on any atom is -0.369 e. The van der Waals surface area contributed by atoms with E-state index in [4.69, 9.17) is 17.3 Å². The quantitative estimate of drug-likeness (QED) is 0.597. The number of piperidine rings is 2. The average molecular weight is 527 g/mol. The summed E-state index contributed by atoms with van der Waals surface area (Å²) in [6.45, 7) is 6.21. The third-order valence-corrected chi connectivity index (χ3v) is 10.4.